The van der Waals surface area contributed by atoms with Crippen molar-refractivity contribution < 1.29 is 14.3 Å². The van der Waals surface area contributed by atoms with Gasteiger partial charge in [0.25, 0.3) is 0 Å². The summed E-state index contributed by atoms with van der Waals surface area (Å²) in [4.78, 5) is 15.2. The first-order chi connectivity index (χ1) is 7.76. The van der Waals surface area contributed by atoms with E-state index in [1.54, 1.807) is 6.92 Å². The lowest BCUT2D eigenvalue weighted by atomic mass is 10.3. The van der Waals surface area contributed by atoms with E-state index in [1.807, 2.05) is 18.2 Å². The Morgan fingerprint density at radius 3 is 2.88 bits per heavy atom. The zero-order chi connectivity index (χ0) is 11.8. The van der Waals surface area contributed by atoms with Gasteiger partial charge in [0.1, 0.15) is 6.61 Å². The lowest BCUT2D eigenvalue weighted by molar-refractivity contribution is -0.148. The number of halogens is 1. The number of aromatic nitrogens is 1. The van der Waals surface area contributed by atoms with Gasteiger partial charge in [0.15, 0.2) is 0 Å². The zero-order valence-corrected chi connectivity index (χ0v) is 9.87. The second-order valence-electron chi connectivity index (χ2n) is 3.05. The molecule has 0 N–H and O–H groups in total. The minimum absolute atomic E-state index is 0.0549. The summed E-state index contributed by atoms with van der Waals surface area (Å²) in [5.41, 5.74) is 1.54. The van der Waals surface area contributed by atoms with Crippen molar-refractivity contribution in [2.24, 2.45) is 0 Å². The van der Waals surface area contributed by atoms with Gasteiger partial charge in [0, 0.05) is 0 Å². The van der Waals surface area contributed by atoms with Gasteiger partial charge in [-0.1, -0.05) is 6.07 Å². The molecule has 0 unspecified atom stereocenters. The third kappa shape index (κ3) is 4.59. The number of nitrogens with zero attached hydrogens (tertiary/aromatic N) is 1. The SMILES string of the molecule is CCOC(=O)COCc1cccc(CCl)n1. The second-order valence-corrected chi connectivity index (χ2v) is 3.32. The summed E-state index contributed by atoms with van der Waals surface area (Å²) < 4.78 is 9.87. The van der Waals surface area contributed by atoms with Crippen LogP contribution in [0.25, 0.3) is 0 Å². The van der Waals surface area contributed by atoms with Crippen molar-refractivity contribution in [2.45, 2.75) is 19.4 Å². The number of rotatable bonds is 6. The van der Waals surface area contributed by atoms with Crippen LogP contribution in [0.3, 0.4) is 0 Å². The van der Waals surface area contributed by atoms with Crippen LogP contribution in [-0.2, 0) is 26.8 Å². The summed E-state index contributed by atoms with van der Waals surface area (Å²) in [6.45, 7) is 2.34. The van der Waals surface area contributed by atoms with E-state index in [-0.39, 0.29) is 19.2 Å². The van der Waals surface area contributed by atoms with Crippen LogP contribution in [0, 0.1) is 0 Å². The predicted molar refractivity (Wildman–Crippen MR) is 60.1 cm³/mol. The van der Waals surface area contributed by atoms with Gasteiger partial charge in [-0.3, -0.25) is 4.98 Å². The van der Waals surface area contributed by atoms with Gasteiger partial charge in [-0.05, 0) is 19.1 Å². The molecular formula is C11H14ClNO3. The molecule has 0 aliphatic heterocycles. The number of esters is 1. The predicted octanol–water partition coefficient (Wildman–Crippen LogP) is 1.90. The van der Waals surface area contributed by atoms with Crippen molar-refractivity contribution >= 4 is 17.6 Å². The van der Waals surface area contributed by atoms with E-state index in [0.29, 0.717) is 12.5 Å². The van der Waals surface area contributed by atoms with Gasteiger partial charge in [-0.15, -0.1) is 11.6 Å². The van der Waals surface area contributed by atoms with Gasteiger partial charge < -0.3 is 9.47 Å². The first kappa shape index (κ1) is 12.9. The zero-order valence-electron chi connectivity index (χ0n) is 9.11. The van der Waals surface area contributed by atoms with Crippen LogP contribution in [0.4, 0.5) is 0 Å². The fourth-order valence-electron chi connectivity index (χ4n) is 1.13. The summed E-state index contributed by atoms with van der Waals surface area (Å²) in [6.07, 6.45) is 0. The van der Waals surface area contributed by atoms with Crippen LogP contribution >= 0.6 is 11.6 Å². The molecule has 88 valence electrons. The molecule has 0 fully saturated rings. The lowest BCUT2D eigenvalue weighted by Gasteiger charge is -2.04. The number of hydrogen-bond acceptors (Lipinski definition) is 4. The Bertz CT molecular complexity index is 344. The molecule has 0 amide bonds. The maximum Gasteiger partial charge on any atom is 0.332 e. The van der Waals surface area contributed by atoms with Gasteiger partial charge in [0.2, 0.25) is 0 Å². The van der Waals surface area contributed by atoms with E-state index in [4.69, 9.17) is 21.1 Å². The Morgan fingerprint density at radius 2 is 2.19 bits per heavy atom. The fourth-order valence-corrected chi connectivity index (χ4v) is 1.27. The highest BCUT2D eigenvalue weighted by Crippen LogP contribution is 2.03. The Balaban J connectivity index is 2.34. The monoisotopic (exact) mass is 243 g/mol. The molecule has 0 saturated heterocycles. The Labute approximate surface area is 99.5 Å². The highest BCUT2D eigenvalue weighted by Gasteiger charge is 2.02. The molecule has 1 rings (SSSR count). The number of carbonyl (C=O) groups is 1. The molecule has 5 heteroatoms. The molecule has 0 radical (unpaired) electrons. The molecule has 0 atom stereocenters. The quantitative estimate of drug-likeness (QED) is 0.566. The standard InChI is InChI=1S/C11H14ClNO3/c1-2-16-11(14)8-15-7-10-5-3-4-9(6-12)13-10/h3-5H,2,6-8H2,1H3. The van der Waals surface area contributed by atoms with Crippen molar-refractivity contribution in [3.63, 3.8) is 0 Å². The minimum Gasteiger partial charge on any atom is -0.464 e. The van der Waals surface area contributed by atoms with E-state index in [0.717, 1.165) is 11.4 Å². The van der Waals surface area contributed by atoms with Crippen molar-refractivity contribution in [3.8, 4) is 0 Å². The van der Waals surface area contributed by atoms with Crippen molar-refractivity contribution in [1.82, 2.24) is 4.98 Å². The largest absolute Gasteiger partial charge is 0.464 e. The van der Waals surface area contributed by atoms with Crippen molar-refractivity contribution in [3.05, 3.63) is 29.6 Å². The molecule has 0 aliphatic rings. The molecule has 0 aromatic carbocycles. The molecular weight excluding hydrogens is 230 g/mol. The van der Waals surface area contributed by atoms with Crippen LogP contribution in [0.1, 0.15) is 18.3 Å². The summed E-state index contributed by atoms with van der Waals surface area (Å²) >= 11 is 5.65. The minimum atomic E-state index is -0.365. The fraction of sp³-hybridized carbons (Fsp3) is 0.455. The number of pyridine rings is 1. The average Bonchev–Trinajstić information content (AvgIpc) is 2.30. The topological polar surface area (TPSA) is 48.4 Å². The van der Waals surface area contributed by atoms with E-state index in [2.05, 4.69) is 4.98 Å². The van der Waals surface area contributed by atoms with E-state index < -0.39 is 0 Å². The highest BCUT2D eigenvalue weighted by molar-refractivity contribution is 6.16. The van der Waals surface area contributed by atoms with Gasteiger partial charge >= 0.3 is 5.97 Å². The van der Waals surface area contributed by atoms with E-state index >= 15 is 0 Å². The molecule has 0 bridgehead atoms. The van der Waals surface area contributed by atoms with E-state index in [1.165, 1.54) is 0 Å². The Morgan fingerprint density at radius 1 is 1.44 bits per heavy atom. The molecule has 1 heterocycles. The molecule has 0 spiro atoms. The highest BCUT2D eigenvalue weighted by atomic mass is 35.5. The van der Waals surface area contributed by atoms with Crippen LogP contribution in [0.5, 0.6) is 0 Å². The van der Waals surface area contributed by atoms with Crippen LogP contribution < -0.4 is 0 Å². The average molecular weight is 244 g/mol. The van der Waals surface area contributed by atoms with Crippen LogP contribution in [0.15, 0.2) is 18.2 Å². The first-order valence-electron chi connectivity index (χ1n) is 5.00. The molecule has 4 nitrogen and oxygen atoms in total. The first-order valence-corrected chi connectivity index (χ1v) is 5.54. The third-order valence-corrected chi connectivity index (χ3v) is 2.05. The summed E-state index contributed by atoms with van der Waals surface area (Å²) in [5, 5.41) is 0. The molecule has 1 aromatic heterocycles. The summed E-state index contributed by atoms with van der Waals surface area (Å²) in [6, 6.07) is 5.51. The maximum atomic E-state index is 11.0. The Kier molecular flexibility index (Phi) is 5.82. The number of carbonyl (C=O) groups excluding carboxylic acids is 1. The number of hydrogen-bond donors (Lipinski definition) is 0. The number of alkyl halides is 1. The molecule has 16 heavy (non-hydrogen) atoms. The second kappa shape index (κ2) is 7.19. The summed E-state index contributed by atoms with van der Waals surface area (Å²) in [5.74, 6) is 0.00197. The molecule has 0 aliphatic carbocycles. The Hall–Kier alpha value is -1.13. The van der Waals surface area contributed by atoms with Crippen LogP contribution in [0.2, 0.25) is 0 Å². The van der Waals surface area contributed by atoms with Gasteiger partial charge in [-0.2, -0.15) is 0 Å². The number of ether oxygens (including phenoxy) is 2. The van der Waals surface area contributed by atoms with Gasteiger partial charge in [-0.25, -0.2) is 4.79 Å². The lowest BCUT2D eigenvalue weighted by Crippen LogP contribution is -2.12. The van der Waals surface area contributed by atoms with Crippen molar-refractivity contribution in [2.75, 3.05) is 13.2 Å². The van der Waals surface area contributed by atoms with Gasteiger partial charge in [0.05, 0.1) is 30.5 Å². The molecule has 0 saturated carbocycles. The van der Waals surface area contributed by atoms with E-state index in [9.17, 15) is 4.79 Å². The third-order valence-electron chi connectivity index (χ3n) is 1.78. The molecule has 1 aromatic rings. The smallest absolute Gasteiger partial charge is 0.332 e. The maximum absolute atomic E-state index is 11.0. The van der Waals surface area contributed by atoms with Crippen molar-refractivity contribution in [1.29, 1.82) is 0 Å². The van der Waals surface area contributed by atoms with Crippen LogP contribution in [-0.4, -0.2) is 24.2 Å². The normalized spacial score (nSPS) is 10.1. The summed E-state index contributed by atoms with van der Waals surface area (Å²) in [7, 11) is 0.